The molecule has 0 bridgehead atoms. The first-order valence-corrected chi connectivity index (χ1v) is 6.75. The average Bonchev–Trinajstić information content (AvgIpc) is 2.42. The molecule has 1 rings (SSSR count). The summed E-state index contributed by atoms with van der Waals surface area (Å²) < 4.78 is 7.92. The molecule has 0 radical (unpaired) electrons. The first-order valence-electron chi connectivity index (χ1n) is 6.75. The third-order valence-electron chi connectivity index (χ3n) is 2.84. The second-order valence-corrected chi connectivity index (χ2v) is 6.53. The van der Waals surface area contributed by atoms with Crippen LogP contribution in [0.15, 0.2) is 0 Å². The molecule has 1 aliphatic heterocycles. The lowest BCUT2D eigenvalue weighted by atomic mass is 9.97. The Balaban J connectivity index is 3.09. The third-order valence-corrected chi connectivity index (χ3v) is 2.84. The van der Waals surface area contributed by atoms with E-state index in [4.69, 9.17) is 4.74 Å². The van der Waals surface area contributed by atoms with Crippen molar-refractivity contribution in [2.75, 3.05) is 0 Å². The van der Waals surface area contributed by atoms with Crippen LogP contribution in [0.1, 0.15) is 54.9 Å². The highest BCUT2D eigenvalue weighted by Gasteiger charge is 2.41. The second kappa shape index (κ2) is 5.39. The van der Waals surface area contributed by atoms with Gasteiger partial charge in [0.1, 0.15) is 6.42 Å². The highest BCUT2D eigenvalue weighted by molar-refractivity contribution is 5.85. The molecule has 1 saturated heterocycles. The largest absolute Gasteiger partial charge is 0.313 e. The monoisotopic (exact) mass is 255 g/mol. The lowest BCUT2D eigenvalue weighted by Gasteiger charge is -2.22. The van der Waals surface area contributed by atoms with Gasteiger partial charge in [-0.1, -0.05) is 32.4 Å². The minimum atomic E-state index is -0.256. The molecule has 0 spiro atoms. The van der Waals surface area contributed by atoms with Crippen LogP contribution in [0.2, 0.25) is 0 Å². The Kier molecular flexibility index (Phi) is 4.54. The highest BCUT2D eigenvalue weighted by atomic mass is 16.5. The van der Waals surface area contributed by atoms with E-state index >= 15 is 0 Å². The maximum atomic E-state index is 11.7. The number of hydrogen-bond donors (Lipinski definition) is 1. The van der Waals surface area contributed by atoms with E-state index in [0.717, 1.165) is 0 Å². The molecule has 18 heavy (non-hydrogen) atoms. The number of nitrogens with zero attached hydrogens (tertiary/aromatic N) is 1. The van der Waals surface area contributed by atoms with E-state index in [1.807, 2.05) is 25.5 Å². The van der Waals surface area contributed by atoms with Gasteiger partial charge in [0.15, 0.2) is 5.71 Å². The van der Waals surface area contributed by atoms with E-state index in [0.29, 0.717) is 18.3 Å². The summed E-state index contributed by atoms with van der Waals surface area (Å²) in [5.74, 6) is 0.798. The lowest BCUT2D eigenvalue weighted by molar-refractivity contribution is -0.644. The van der Waals surface area contributed by atoms with Crippen molar-refractivity contribution in [1.82, 2.24) is 5.43 Å². The van der Waals surface area contributed by atoms with Crippen molar-refractivity contribution in [3.63, 3.8) is 0 Å². The molecule has 104 valence electrons. The summed E-state index contributed by atoms with van der Waals surface area (Å²) in [6, 6.07) is 0. The Bertz CT molecular complexity index is 341. The van der Waals surface area contributed by atoms with E-state index in [1.54, 1.807) is 0 Å². The summed E-state index contributed by atoms with van der Waals surface area (Å²) in [6.45, 7) is 14.6. The van der Waals surface area contributed by atoms with Crippen molar-refractivity contribution >= 4 is 11.6 Å². The van der Waals surface area contributed by atoms with Gasteiger partial charge in [0, 0.05) is 11.8 Å². The first kappa shape index (κ1) is 15.2. The van der Waals surface area contributed by atoms with Crippen molar-refractivity contribution in [2.45, 2.75) is 66.7 Å². The lowest BCUT2D eigenvalue weighted by Crippen LogP contribution is -2.42. The zero-order chi connectivity index (χ0) is 14.1. The Morgan fingerprint density at radius 3 is 2.17 bits per heavy atom. The topological polar surface area (TPSA) is 41.3 Å². The molecule has 1 amide bonds. The maximum absolute atomic E-state index is 11.7. The van der Waals surface area contributed by atoms with Crippen molar-refractivity contribution in [1.29, 1.82) is 0 Å². The molecule has 0 aromatic rings. The second-order valence-electron chi connectivity index (χ2n) is 6.53. The van der Waals surface area contributed by atoms with Crippen molar-refractivity contribution in [3.8, 4) is 0 Å². The van der Waals surface area contributed by atoms with E-state index in [-0.39, 0.29) is 17.7 Å². The Morgan fingerprint density at radius 2 is 1.78 bits per heavy atom. The van der Waals surface area contributed by atoms with E-state index < -0.39 is 0 Å². The number of hydrogen-bond acceptors (Lipinski definition) is 2. The quantitative estimate of drug-likeness (QED) is 0.786. The first-order chi connectivity index (χ1) is 8.11. The van der Waals surface area contributed by atoms with Crippen molar-refractivity contribution < 1.29 is 14.2 Å². The van der Waals surface area contributed by atoms with Crippen LogP contribution in [0.25, 0.3) is 0 Å². The van der Waals surface area contributed by atoms with E-state index in [9.17, 15) is 4.79 Å². The predicted molar refractivity (Wildman–Crippen MR) is 72.3 cm³/mol. The zero-order valence-electron chi connectivity index (χ0n) is 12.7. The van der Waals surface area contributed by atoms with Gasteiger partial charge in [-0.15, -0.1) is 5.43 Å². The Labute approximate surface area is 110 Å². The van der Waals surface area contributed by atoms with Crippen LogP contribution in [0.4, 0.5) is 0 Å². The molecule has 1 aliphatic rings. The SMILES string of the molecule is CC(C)C(C(C)C)=[N+]1NC(=O)CC1OC(C)(C)C. The molecule has 0 aromatic heterocycles. The fourth-order valence-corrected chi connectivity index (χ4v) is 2.46. The minimum absolute atomic E-state index is 0.0306. The normalized spacial score (nSPS) is 20.8. The van der Waals surface area contributed by atoms with Gasteiger partial charge >= 0.3 is 0 Å². The summed E-state index contributed by atoms with van der Waals surface area (Å²) in [5, 5.41) is 0. The van der Waals surface area contributed by atoms with Crippen molar-refractivity contribution in [3.05, 3.63) is 0 Å². The molecule has 4 nitrogen and oxygen atoms in total. The molecule has 1 unspecified atom stereocenters. The molecule has 1 atom stereocenters. The smallest absolute Gasteiger partial charge is 0.295 e. The molecule has 4 heteroatoms. The molecule has 1 fully saturated rings. The van der Waals surface area contributed by atoms with Gasteiger partial charge in [0.2, 0.25) is 0 Å². The standard InChI is InChI=1S/C14H26N2O2/c1-9(2)13(10(3)4)16-12(8-11(17)15-16)18-14(5,6)7/h9-10,12H,8H2,1-7H3/p+1. The Morgan fingerprint density at radius 1 is 1.28 bits per heavy atom. The average molecular weight is 255 g/mol. The van der Waals surface area contributed by atoms with Crippen LogP contribution < -0.4 is 5.43 Å². The van der Waals surface area contributed by atoms with E-state index in [2.05, 4.69) is 33.1 Å². The fourth-order valence-electron chi connectivity index (χ4n) is 2.46. The number of nitrogens with one attached hydrogen (secondary N) is 1. The van der Waals surface area contributed by atoms with Crippen LogP contribution in [0.5, 0.6) is 0 Å². The van der Waals surface area contributed by atoms with Crippen LogP contribution in [-0.2, 0) is 9.53 Å². The molecule has 0 saturated carbocycles. The van der Waals surface area contributed by atoms with Gasteiger partial charge < -0.3 is 4.74 Å². The molecular weight excluding hydrogens is 228 g/mol. The molecular formula is C14H27N2O2+. The maximum Gasteiger partial charge on any atom is 0.295 e. The number of hydrazine groups is 1. The summed E-state index contributed by atoms with van der Waals surface area (Å²) in [4.78, 5) is 11.7. The van der Waals surface area contributed by atoms with Gasteiger partial charge in [-0.3, -0.25) is 4.79 Å². The zero-order valence-corrected chi connectivity index (χ0v) is 12.7. The van der Waals surface area contributed by atoms with Gasteiger partial charge in [-0.2, -0.15) is 0 Å². The highest BCUT2D eigenvalue weighted by Crippen LogP contribution is 2.19. The van der Waals surface area contributed by atoms with Gasteiger partial charge in [0.05, 0.1) is 5.60 Å². The number of carbonyl (C=O) groups is 1. The van der Waals surface area contributed by atoms with Crippen LogP contribution >= 0.6 is 0 Å². The minimum Gasteiger partial charge on any atom is -0.313 e. The van der Waals surface area contributed by atoms with Gasteiger partial charge in [-0.25, -0.2) is 0 Å². The molecule has 1 heterocycles. The number of rotatable bonds is 3. The molecule has 0 aromatic carbocycles. The summed E-state index contributed by atoms with van der Waals surface area (Å²) >= 11 is 0. The van der Waals surface area contributed by atoms with Gasteiger partial charge in [-0.05, 0) is 20.8 Å². The number of carbonyl (C=O) groups excluding carboxylic acids is 1. The van der Waals surface area contributed by atoms with Crippen LogP contribution in [-0.4, -0.2) is 28.1 Å². The predicted octanol–water partition coefficient (Wildman–Crippen LogP) is 2.33. The molecule has 0 aliphatic carbocycles. The van der Waals surface area contributed by atoms with E-state index in [1.165, 1.54) is 5.71 Å². The number of hydrazone groups is 1. The number of amides is 1. The number of ether oxygens (including phenoxy) is 1. The summed E-state index contributed by atoms with van der Waals surface area (Å²) in [6.07, 6.45) is 0.206. The van der Waals surface area contributed by atoms with Gasteiger partial charge in [0.25, 0.3) is 12.1 Å². The van der Waals surface area contributed by atoms with Crippen LogP contribution in [0.3, 0.4) is 0 Å². The fraction of sp³-hybridized carbons (Fsp3) is 0.857. The molecule has 1 N–H and O–H groups in total. The third kappa shape index (κ3) is 3.80. The van der Waals surface area contributed by atoms with Crippen molar-refractivity contribution in [2.24, 2.45) is 11.8 Å². The Hall–Kier alpha value is -0.900. The van der Waals surface area contributed by atoms with Crippen LogP contribution in [0, 0.1) is 11.8 Å². The summed E-state index contributed by atoms with van der Waals surface area (Å²) in [5.41, 5.74) is 3.88. The summed E-state index contributed by atoms with van der Waals surface area (Å²) in [7, 11) is 0.